The first-order valence-corrected chi connectivity index (χ1v) is 40.4. The van der Waals surface area contributed by atoms with E-state index < -0.39 is 69.4 Å². The van der Waals surface area contributed by atoms with Crippen LogP contribution in [0, 0.1) is 0 Å². The predicted molar refractivity (Wildman–Crippen MR) is 497 cm³/mol. The molecule has 0 aliphatic carbocycles. The molecule has 11 rings (SSSR count). The van der Waals surface area contributed by atoms with E-state index in [2.05, 4.69) is 183 Å². The molecule has 127 heavy (non-hydrogen) atoms. The summed E-state index contributed by atoms with van der Waals surface area (Å²) in [4.78, 5) is 93.1. The van der Waals surface area contributed by atoms with Gasteiger partial charge >= 0.3 is 47.8 Å². The minimum atomic E-state index is -0.664. The molecular formula is C110H102O17. The zero-order chi connectivity index (χ0) is 92.6. The molecule has 17 nitrogen and oxygen atoms in total. The van der Waals surface area contributed by atoms with Gasteiger partial charge in [-0.2, -0.15) is 0 Å². The molecule has 17 heteroatoms. The molecule has 0 atom stereocenters. The van der Waals surface area contributed by atoms with Crippen LogP contribution in [0.4, 0.5) is 0 Å². The number of benzene rings is 11. The lowest BCUT2D eigenvalue weighted by molar-refractivity contribution is -0.129. The molecule has 0 spiro atoms. The summed E-state index contributed by atoms with van der Waals surface area (Å²) in [6.07, 6.45) is 10.5. The maximum atomic E-state index is 11.8. The molecule has 0 aromatic heterocycles. The zero-order valence-corrected chi connectivity index (χ0v) is 73.0. The van der Waals surface area contributed by atoms with Crippen LogP contribution >= 0.6 is 0 Å². The van der Waals surface area contributed by atoms with E-state index in [4.69, 9.17) is 42.6 Å². The van der Waals surface area contributed by atoms with Gasteiger partial charge in [0.05, 0.1) is 0 Å². The van der Waals surface area contributed by atoms with Gasteiger partial charge in [0.25, 0.3) is 0 Å². The molecule has 0 fully saturated rings. The first-order chi connectivity index (χ1) is 60.4. The maximum Gasteiger partial charge on any atom is 0.335 e. The highest BCUT2D eigenvalue weighted by Crippen LogP contribution is 2.46. The second-order valence-corrected chi connectivity index (χ2v) is 31.6. The summed E-state index contributed by atoms with van der Waals surface area (Å²) in [6.45, 7) is 56.7. The predicted octanol–water partition coefficient (Wildman–Crippen LogP) is 22.9. The fraction of sp³-hybridized carbons (Fsp3) is 0.145. The Balaban J connectivity index is 0.000000218. The Bertz CT molecular complexity index is 5470. The minimum absolute atomic E-state index is 0.344. The molecule has 0 saturated carbocycles. The number of allylic oxidation sites excluding steroid dienone is 1. The molecule has 644 valence electrons. The number of hydrogen-bond donors (Lipinski definition) is 0. The average Bonchev–Trinajstić information content (AvgIpc) is 0.759. The molecule has 0 amide bonds. The van der Waals surface area contributed by atoms with E-state index in [1.54, 1.807) is 78.9 Å². The third kappa shape index (κ3) is 23.6. The Morgan fingerprint density at radius 3 is 0.441 bits per heavy atom. The fourth-order valence-corrected chi connectivity index (χ4v) is 14.1. The van der Waals surface area contributed by atoms with E-state index in [1.165, 1.54) is 0 Å². The zero-order valence-electron chi connectivity index (χ0n) is 73.0. The highest BCUT2D eigenvalue weighted by atomic mass is 16.6. The quantitative estimate of drug-likeness (QED) is 0.00932. The van der Waals surface area contributed by atoms with Gasteiger partial charge in [-0.1, -0.05) is 273 Å². The molecule has 0 heterocycles. The number of hydrogen-bond acceptors (Lipinski definition) is 17. The summed E-state index contributed by atoms with van der Waals surface area (Å²) in [5.41, 5.74) is 11.6. The van der Waals surface area contributed by atoms with Crippen LogP contribution in [0.25, 0.3) is 0 Å². The van der Waals surface area contributed by atoms with E-state index in [-0.39, 0.29) is 10.8 Å². The minimum Gasteiger partial charge on any atom is -0.458 e. The number of ether oxygens (including phenoxy) is 9. The Labute approximate surface area is 742 Å². The summed E-state index contributed by atoms with van der Waals surface area (Å²) in [5.74, 6) is 0.343. The monoisotopic (exact) mass is 1690 g/mol. The van der Waals surface area contributed by atoms with Crippen molar-refractivity contribution < 1.29 is 81.0 Å². The van der Waals surface area contributed by atoms with E-state index in [1.807, 2.05) is 140 Å². The average molecular weight is 1700 g/mol. The van der Waals surface area contributed by atoms with Gasteiger partial charge in [0.1, 0.15) is 57.5 Å². The van der Waals surface area contributed by atoms with Crippen molar-refractivity contribution in [1.29, 1.82) is 0 Å². The summed E-state index contributed by atoms with van der Waals surface area (Å²) in [5, 5.41) is 0. The third-order valence-corrected chi connectivity index (χ3v) is 22.3. The summed E-state index contributed by atoms with van der Waals surface area (Å²) in [7, 11) is 0. The van der Waals surface area contributed by atoms with E-state index in [9.17, 15) is 38.4 Å². The van der Waals surface area contributed by atoms with Crippen molar-refractivity contribution in [2.24, 2.45) is 0 Å². The highest BCUT2D eigenvalue weighted by molar-refractivity contribution is 5.87. The van der Waals surface area contributed by atoms with Crippen LogP contribution in [0.2, 0.25) is 0 Å². The second-order valence-electron chi connectivity index (χ2n) is 31.6. The summed E-state index contributed by atoms with van der Waals surface area (Å²) < 4.78 is 47.8. The van der Waals surface area contributed by atoms with Crippen LogP contribution in [0.3, 0.4) is 0 Å². The van der Waals surface area contributed by atoms with Gasteiger partial charge in [-0.3, -0.25) is 0 Å². The fourth-order valence-electron chi connectivity index (χ4n) is 14.1. The van der Waals surface area contributed by atoms with Gasteiger partial charge in [-0.15, -0.1) is 0 Å². The lowest BCUT2D eigenvalue weighted by atomic mass is 9.69. The maximum absolute atomic E-state index is 11.8. The molecule has 0 radical (unpaired) electrons. The molecule has 0 aliphatic rings. The number of rotatable bonds is 33. The topological polar surface area (TPSA) is 220 Å². The first-order valence-electron chi connectivity index (χ1n) is 40.4. The summed E-state index contributed by atoms with van der Waals surface area (Å²) >= 11 is 0. The van der Waals surface area contributed by atoms with Gasteiger partial charge in [-0.05, 0) is 207 Å². The molecule has 11 aromatic rings. The summed E-state index contributed by atoms with van der Waals surface area (Å²) in [6, 6.07) is 82.1. The SMILES string of the molecule is C=CC(=C)Oc1ccc(C(C)(C)c2cc(C(C)(C)c3ccc(OC(=O)C=C)cc3)cc(C(C)(C)c3ccc(OC(=O)C=C)cc3)c2)cc1.C=CC(=O)Oc1ccc(C(C)(C)c2ccc(C(C)(c3ccc(OC(=O)C=C)cc3)c3ccc(OC(=O)C=C)cc3)cc2)cc1.C=CC(=O)Oc1ccc(C(C)(c2ccc(OC(=O)C=C)cc2)c2ccc(OC(=O)C=C)cc2)cc1. The second kappa shape index (κ2) is 42.0. The Hall–Kier alpha value is -15.6. The highest BCUT2D eigenvalue weighted by Gasteiger charge is 2.37. The normalized spacial score (nSPS) is 11.2. The van der Waals surface area contributed by atoms with Crippen LogP contribution < -0.4 is 42.6 Å². The van der Waals surface area contributed by atoms with Gasteiger partial charge in [0.15, 0.2) is 0 Å². The van der Waals surface area contributed by atoms with Crippen molar-refractivity contribution in [2.45, 2.75) is 102 Å². The van der Waals surface area contributed by atoms with E-state index in [0.29, 0.717) is 57.5 Å². The Morgan fingerprint density at radius 2 is 0.299 bits per heavy atom. The van der Waals surface area contributed by atoms with Crippen molar-refractivity contribution in [3.8, 4) is 51.7 Å². The van der Waals surface area contributed by atoms with Gasteiger partial charge in [-0.25, -0.2) is 38.4 Å². The third-order valence-electron chi connectivity index (χ3n) is 22.3. The standard InChI is InChI=1S/C43H44O5.C38H34O6.C29H24O6/c1-11-29(4)46-36-20-14-30(15-21-36)41(5,6)33-26-34(42(7,8)31-16-22-37(23-17-31)47-39(44)12-2)28-35(27-33)43(9,10)32-18-24-38(25-19-32)48-40(45)13-3;1-7-34(39)42-31-20-14-27(15-21-31)37(4,5)26-10-12-28(13-11-26)38(6,29-16-22-32(23-17-29)43-35(40)8-2)30-18-24-33(25-19-30)44-36(41)9-3;1-5-26(30)33-23-14-8-20(9-15-23)29(4,21-10-16-24(17-11-21)34-27(31)6-2)22-12-18-25(19-13-22)35-28(32)7-3/h11-28H,1-4H2,5-10H3;7-25H,1-3H2,4-6H3;5-19H,1-3H2,4H3. The number of carbonyl (C=O) groups is 8. The van der Waals surface area contributed by atoms with Crippen LogP contribution in [-0.4, -0.2) is 47.8 Å². The number of carbonyl (C=O) groups excluding carboxylic acids is 8. The Kier molecular flexibility index (Phi) is 31.5. The molecule has 0 aliphatic heterocycles. The lowest BCUT2D eigenvalue weighted by Crippen LogP contribution is -2.26. The van der Waals surface area contributed by atoms with Crippen molar-refractivity contribution in [3.05, 3.63) is 465 Å². The van der Waals surface area contributed by atoms with Crippen molar-refractivity contribution >= 4 is 47.8 Å². The van der Waals surface area contributed by atoms with Crippen molar-refractivity contribution in [3.63, 3.8) is 0 Å². The van der Waals surface area contributed by atoms with E-state index >= 15 is 0 Å². The molecule has 0 saturated heterocycles. The van der Waals surface area contributed by atoms with Crippen LogP contribution in [0.1, 0.15) is 147 Å². The van der Waals surface area contributed by atoms with Crippen LogP contribution in [-0.2, 0) is 70.8 Å². The lowest BCUT2D eigenvalue weighted by Gasteiger charge is -2.35. The first kappa shape index (κ1) is 95.2. The molecule has 11 aromatic carbocycles. The molecule has 0 unspecified atom stereocenters. The van der Waals surface area contributed by atoms with Gasteiger partial charge in [0, 0.05) is 81.1 Å². The smallest absolute Gasteiger partial charge is 0.335 e. The molecule has 0 bridgehead atoms. The van der Waals surface area contributed by atoms with Crippen molar-refractivity contribution in [1.82, 2.24) is 0 Å². The van der Waals surface area contributed by atoms with Gasteiger partial charge < -0.3 is 42.6 Å². The largest absolute Gasteiger partial charge is 0.458 e. The molecule has 0 N–H and O–H groups in total. The van der Waals surface area contributed by atoms with Crippen LogP contribution in [0.5, 0.6) is 51.7 Å². The van der Waals surface area contributed by atoms with Gasteiger partial charge in [0.2, 0.25) is 0 Å². The Morgan fingerprint density at radius 1 is 0.181 bits per heavy atom. The van der Waals surface area contributed by atoms with Crippen LogP contribution in [0.15, 0.2) is 387 Å². The van der Waals surface area contributed by atoms with E-state index in [0.717, 1.165) is 126 Å². The number of esters is 8. The van der Waals surface area contributed by atoms with Crippen molar-refractivity contribution in [2.75, 3.05) is 0 Å². The molecular weight excluding hydrogens is 1590 g/mol.